The van der Waals surface area contributed by atoms with Crippen LogP contribution in [0.15, 0.2) is 18.6 Å². The molecule has 3 heterocycles. The van der Waals surface area contributed by atoms with E-state index >= 15 is 0 Å². The summed E-state index contributed by atoms with van der Waals surface area (Å²) in [5.74, 6) is 1.01. The lowest BCUT2D eigenvalue weighted by atomic mass is 10.3. The first kappa shape index (κ1) is 13.1. The smallest absolute Gasteiger partial charge is 0.180 e. The van der Waals surface area contributed by atoms with Gasteiger partial charge in [-0.3, -0.25) is 4.40 Å². The summed E-state index contributed by atoms with van der Waals surface area (Å²) in [5, 5.41) is 3.35. The molecule has 1 aliphatic heterocycles. The van der Waals surface area contributed by atoms with Gasteiger partial charge >= 0.3 is 0 Å². The van der Waals surface area contributed by atoms with Crippen LogP contribution in [0.25, 0.3) is 5.65 Å². The van der Waals surface area contributed by atoms with E-state index in [-0.39, 0.29) is 12.4 Å². The molecule has 0 unspecified atom stereocenters. The molecule has 0 atom stereocenters. The number of aromatic nitrogens is 3. The molecule has 0 aliphatic carbocycles. The molecular formula is C12H18ClN5. The molecule has 0 spiro atoms. The molecule has 3 rings (SSSR count). The van der Waals surface area contributed by atoms with Gasteiger partial charge in [-0.2, -0.15) is 0 Å². The van der Waals surface area contributed by atoms with Gasteiger partial charge in [0.25, 0.3) is 0 Å². The second-order valence-corrected chi connectivity index (χ2v) is 4.28. The molecule has 2 aromatic rings. The largest absolute Gasteiger partial charge is 0.351 e. The van der Waals surface area contributed by atoms with Gasteiger partial charge in [0, 0.05) is 50.5 Å². The number of nitrogens with zero attached hydrogens (tertiary/aromatic N) is 4. The van der Waals surface area contributed by atoms with Crippen molar-refractivity contribution in [2.24, 2.45) is 0 Å². The number of halogens is 1. The first-order valence-corrected chi connectivity index (χ1v) is 6.16. The van der Waals surface area contributed by atoms with Crippen molar-refractivity contribution in [3.63, 3.8) is 0 Å². The molecule has 0 radical (unpaired) electrons. The zero-order chi connectivity index (χ0) is 11.7. The van der Waals surface area contributed by atoms with E-state index in [0.717, 1.165) is 44.1 Å². The van der Waals surface area contributed by atoms with Crippen molar-refractivity contribution < 1.29 is 0 Å². The van der Waals surface area contributed by atoms with Crippen LogP contribution in [0.4, 0.5) is 5.82 Å². The number of hydrogen-bond acceptors (Lipinski definition) is 4. The van der Waals surface area contributed by atoms with Crippen molar-refractivity contribution in [2.75, 3.05) is 31.1 Å². The number of anilines is 1. The second kappa shape index (κ2) is 5.54. The van der Waals surface area contributed by atoms with Crippen molar-refractivity contribution in [1.29, 1.82) is 0 Å². The molecule has 5 nitrogen and oxygen atoms in total. The van der Waals surface area contributed by atoms with Gasteiger partial charge in [0.05, 0.1) is 0 Å². The highest BCUT2D eigenvalue weighted by atomic mass is 35.5. The van der Waals surface area contributed by atoms with Crippen molar-refractivity contribution in [3.05, 3.63) is 24.3 Å². The molecular weight excluding hydrogens is 250 g/mol. The van der Waals surface area contributed by atoms with E-state index in [1.807, 2.05) is 18.6 Å². The number of piperazine rings is 1. The molecule has 6 heteroatoms. The minimum atomic E-state index is 0. The van der Waals surface area contributed by atoms with E-state index in [9.17, 15) is 0 Å². The molecule has 18 heavy (non-hydrogen) atoms. The standard InChI is InChI=1S/C12H17N5.ClH/c1-2-10-9-15-12-11(14-5-8-17(10)12)16-6-3-13-4-7-16;/h5,8-9,13H,2-4,6-7H2,1H3;1H. The fourth-order valence-corrected chi connectivity index (χ4v) is 2.32. The first-order valence-electron chi connectivity index (χ1n) is 6.16. The van der Waals surface area contributed by atoms with E-state index < -0.39 is 0 Å². The van der Waals surface area contributed by atoms with Gasteiger partial charge in [-0.15, -0.1) is 12.4 Å². The third kappa shape index (κ3) is 2.15. The van der Waals surface area contributed by atoms with Crippen LogP contribution in [0.1, 0.15) is 12.6 Å². The minimum absolute atomic E-state index is 0. The van der Waals surface area contributed by atoms with Crippen LogP contribution in [0.5, 0.6) is 0 Å². The highest BCUT2D eigenvalue weighted by Gasteiger charge is 2.16. The lowest BCUT2D eigenvalue weighted by Crippen LogP contribution is -2.44. The predicted molar refractivity (Wildman–Crippen MR) is 74.7 cm³/mol. The van der Waals surface area contributed by atoms with Gasteiger partial charge in [-0.05, 0) is 6.42 Å². The molecule has 1 N–H and O–H groups in total. The van der Waals surface area contributed by atoms with Crippen LogP contribution in [0, 0.1) is 0 Å². The highest BCUT2D eigenvalue weighted by molar-refractivity contribution is 5.85. The fraction of sp³-hybridized carbons (Fsp3) is 0.500. The lowest BCUT2D eigenvalue weighted by Gasteiger charge is -2.28. The number of nitrogens with one attached hydrogen (secondary N) is 1. The van der Waals surface area contributed by atoms with Gasteiger partial charge in [0.15, 0.2) is 11.5 Å². The summed E-state index contributed by atoms with van der Waals surface area (Å²) >= 11 is 0. The van der Waals surface area contributed by atoms with Crippen molar-refractivity contribution in [3.8, 4) is 0 Å². The first-order chi connectivity index (χ1) is 8.40. The predicted octanol–water partition coefficient (Wildman–Crippen LogP) is 1.12. The Hall–Kier alpha value is -1.33. The van der Waals surface area contributed by atoms with Crippen LogP contribution in [-0.4, -0.2) is 40.5 Å². The second-order valence-electron chi connectivity index (χ2n) is 4.28. The Bertz CT molecular complexity index is 518. The summed E-state index contributed by atoms with van der Waals surface area (Å²) in [6.07, 6.45) is 6.80. The fourth-order valence-electron chi connectivity index (χ4n) is 2.32. The number of fused-ring (bicyclic) bond motifs is 1. The van der Waals surface area contributed by atoms with Crippen LogP contribution in [-0.2, 0) is 6.42 Å². The molecule has 1 saturated heterocycles. The molecule has 0 amide bonds. The molecule has 0 saturated carbocycles. The quantitative estimate of drug-likeness (QED) is 0.886. The Kier molecular flexibility index (Phi) is 4.04. The molecule has 98 valence electrons. The van der Waals surface area contributed by atoms with Gasteiger partial charge in [0.1, 0.15) is 0 Å². The normalized spacial score (nSPS) is 15.7. The van der Waals surface area contributed by atoms with E-state index in [1.54, 1.807) is 0 Å². The maximum atomic E-state index is 4.50. The summed E-state index contributed by atoms with van der Waals surface area (Å²) in [5.41, 5.74) is 2.21. The summed E-state index contributed by atoms with van der Waals surface area (Å²) in [6.45, 7) is 6.19. The molecule has 1 aliphatic rings. The summed E-state index contributed by atoms with van der Waals surface area (Å²) in [6, 6.07) is 0. The highest BCUT2D eigenvalue weighted by Crippen LogP contribution is 2.19. The lowest BCUT2D eigenvalue weighted by molar-refractivity contribution is 0.585. The summed E-state index contributed by atoms with van der Waals surface area (Å²) < 4.78 is 2.14. The maximum Gasteiger partial charge on any atom is 0.180 e. The van der Waals surface area contributed by atoms with Gasteiger partial charge in [0.2, 0.25) is 0 Å². The monoisotopic (exact) mass is 267 g/mol. The van der Waals surface area contributed by atoms with E-state index in [4.69, 9.17) is 0 Å². The third-order valence-electron chi connectivity index (χ3n) is 3.26. The van der Waals surface area contributed by atoms with Crippen LogP contribution >= 0.6 is 12.4 Å². The summed E-state index contributed by atoms with van der Waals surface area (Å²) in [4.78, 5) is 11.3. The summed E-state index contributed by atoms with van der Waals surface area (Å²) in [7, 11) is 0. The number of hydrogen-bond donors (Lipinski definition) is 1. The molecule has 1 fully saturated rings. The average molecular weight is 268 g/mol. The van der Waals surface area contributed by atoms with Crippen LogP contribution in [0.2, 0.25) is 0 Å². The number of aryl methyl sites for hydroxylation is 1. The van der Waals surface area contributed by atoms with Crippen molar-refractivity contribution >= 4 is 23.9 Å². The zero-order valence-electron chi connectivity index (χ0n) is 10.5. The van der Waals surface area contributed by atoms with Crippen molar-refractivity contribution in [1.82, 2.24) is 19.7 Å². The molecule has 0 bridgehead atoms. The Morgan fingerprint density at radius 2 is 2.06 bits per heavy atom. The Labute approximate surface area is 113 Å². The maximum absolute atomic E-state index is 4.50. The van der Waals surface area contributed by atoms with Gasteiger partial charge in [-0.1, -0.05) is 6.92 Å². The number of imidazole rings is 1. The van der Waals surface area contributed by atoms with Crippen molar-refractivity contribution in [2.45, 2.75) is 13.3 Å². The van der Waals surface area contributed by atoms with Gasteiger partial charge < -0.3 is 10.2 Å². The van der Waals surface area contributed by atoms with Gasteiger partial charge in [-0.25, -0.2) is 9.97 Å². The SMILES string of the molecule is CCc1cnc2c(N3CCNCC3)nccn12.Cl. The third-order valence-corrected chi connectivity index (χ3v) is 3.26. The average Bonchev–Trinajstić information content (AvgIpc) is 2.82. The Morgan fingerprint density at radius 3 is 2.78 bits per heavy atom. The topological polar surface area (TPSA) is 45.5 Å². The van der Waals surface area contributed by atoms with E-state index in [0.29, 0.717) is 0 Å². The Balaban J connectivity index is 0.00000120. The number of rotatable bonds is 2. The van der Waals surface area contributed by atoms with Crippen LogP contribution in [0.3, 0.4) is 0 Å². The van der Waals surface area contributed by atoms with E-state index in [2.05, 4.69) is 31.5 Å². The molecule has 2 aromatic heterocycles. The Morgan fingerprint density at radius 1 is 1.28 bits per heavy atom. The zero-order valence-corrected chi connectivity index (χ0v) is 11.3. The molecule has 0 aromatic carbocycles. The minimum Gasteiger partial charge on any atom is -0.351 e. The van der Waals surface area contributed by atoms with Crippen LogP contribution < -0.4 is 10.2 Å². The van der Waals surface area contributed by atoms with E-state index in [1.165, 1.54) is 5.69 Å².